The fourth-order valence-electron chi connectivity index (χ4n) is 4.35. The summed E-state index contributed by atoms with van der Waals surface area (Å²) in [6.07, 6.45) is -7.07. The standard InChI is InChI=1S/C24H23F3N2O5/c25-24(26,27)10-20(21(30)28-11-13-9-18(13)22(31)32)29-23(33)34-12-19-16-7-3-1-5-14(16)15-6-2-4-8-17(15)19/h1-8,13,18-20H,9-12H2,(H,28,30)(H,29,33)(H,31,32)/t13-,18-,20?/m1/s1. The van der Waals surface area contributed by atoms with E-state index >= 15 is 0 Å². The number of hydrogen-bond acceptors (Lipinski definition) is 4. The highest BCUT2D eigenvalue weighted by molar-refractivity contribution is 5.86. The first-order valence-electron chi connectivity index (χ1n) is 10.8. The highest BCUT2D eigenvalue weighted by Crippen LogP contribution is 2.44. The van der Waals surface area contributed by atoms with Gasteiger partial charge in [-0.1, -0.05) is 48.5 Å². The number of rotatable bonds is 8. The van der Waals surface area contributed by atoms with Crippen LogP contribution >= 0.6 is 0 Å². The molecule has 180 valence electrons. The number of amides is 2. The van der Waals surface area contributed by atoms with Crippen LogP contribution in [-0.2, 0) is 14.3 Å². The number of halogens is 3. The quantitative estimate of drug-likeness (QED) is 0.539. The van der Waals surface area contributed by atoms with E-state index < -0.39 is 42.5 Å². The second-order valence-corrected chi connectivity index (χ2v) is 8.53. The van der Waals surface area contributed by atoms with Gasteiger partial charge in [-0.3, -0.25) is 9.59 Å². The Morgan fingerprint density at radius 3 is 2.15 bits per heavy atom. The summed E-state index contributed by atoms with van der Waals surface area (Å²) in [5.74, 6) is -3.28. The molecule has 2 aromatic carbocycles. The molecule has 0 bridgehead atoms. The van der Waals surface area contributed by atoms with Crippen LogP contribution in [0.15, 0.2) is 48.5 Å². The zero-order valence-corrected chi connectivity index (χ0v) is 18.0. The summed E-state index contributed by atoms with van der Waals surface area (Å²) in [5, 5.41) is 13.2. The van der Waals surface area contributed by atoms with Gasteiger partial charge in [-0.25, -0.2) is 4.79 Å². The van der Waals surface area contributed by atoms with Gasteiger partial charge in [0.2, 0.25) is 5.91 Å². The van der Waals surface area contributed by atoms with E-state index in [1.807, 2.05) is 53.8 Å². The van der Waals surface area contributed by atoms with Crippen LogP contribution in [0, 0.1) is 11.8 Å². The molecule has 2 aliphatic carbocycles. The monoisotopic (exact) mass is 476 g/mol. The fourth-order valence-corrected chi connectivity index (χ4v) is 4.35. The van der Waals surface area contributed by atoms with E-state index in [0.29, 0.717) is 6.42 Å². The SMILES string of the molecule is O=C(NC(CC(F)(F)F)C(=O)NC[C@H]1C[C@H]1C(=O)O)OCC1c2ccccc2-c2ccccc21. The molecule has 0 aliphatic heterocycles. The van der Waals surface area contributed by atoms with Crippen molar-refractivity contribution in [2.75, 3.05) is 13.2 Å². The van der Waals surface area contributed by atoms with Crippen molar-refractivity contribution in [2.45, 2.75) is 31.0 Å². The van der Waals surface area contributed by atoms with Crippen LogP contribution in [0.4, 0.5) is 18.0 Å². The van der Waals surface area contributed by atoms with Gasteiger partial charge < -0.3 is 20.5 Å². The number of fused-ring (bicyclic) bond motifs is 3. The Morgan fingerprint density at radius 2 is 1.62 bits per heavy atom. The van der Waals surface area contributed by atoms with Crippen LogP contribution in [0.5, 0.6) is 0 Å². The lowest BCUT2D eigenvalue weighted by molar-refractivity contribution is -0.149. The third kappa shape index (κ3) is 5.32. The summed E-state index contributed by atoms with van der Waals surface area (Å²) in [5.41, 5.74) is 3.89. The van der Waals surface area contributed by atoms with Crippen molar-refractivity contribution in [2.24, 2.45) is 11.8 Å². The summed E-state index contributed by atoms with van der Waals surface area (Å²) < 4.78 is 44.3. The molecule has 2 amide bonds. The Hall–Kier alpha value is -3.56. The molecule has 0 aromatic heterocycles. The van der Waals surface area contributed by atoms with E-state index in [1.165, 1.54) is 0 Å². The number of benzene rings is 2. The van der Waals surface area contributed by atoms with Gasteiger partial charge in [0.05, 0.1) is 12.3 Å². The van der Waals surface area contributed by atoms with E-state index in [1.54, 1.807) is 0 Å². The number of nitrogens with one attached hydrogen (secondary N) is 2. The van der Waals surface area contributed by atoms with Crippen LogP contribution in [0.1, 0.15) is 29.9 Å². The third-order valence-electron chi connectivity index (χ3n) is 6.17. The smallest absolute Gasteiger partial charge is 0.407 e. The average Bonchev–Trinajstić information content (AvgIpc) is 3.50. The number of carboxylic acid groups (broad SMARTS) is 1. The molecule has 0 saturated heterocycles. The second-order valence-electron chi connectivity index (χ2n) is 8.53. The predicted octanol–water partition coefficient (Wildman–Crippen LogP) is 3.68. The number of alkyl halides is 3. The molecular formula is C24H23F3N2O5. The molecular weight excluding hydrogens is 453 g/mol. The van der Waals surface area contributed by atoms with E-state index in [-0.39, 0.29) is 25.0 Å². The molecule has 7 nitrogen and oxygen atoms in total. The molecule has 0 radical (unpaired) electrons. The topological polar surface area (TPSA) is 105 Å². The maximum absolute atomic E-state index is 13.0. The molecule has 1 saturated carbocycles. The van der Waals surface area contributed by atoms with Crippen LogP contribution < -0.4 is 10.6 Å². The van der Waals surface area contributed by atoms with Gasteiger partial charge in [-0.05, 0) is 34.6 Å². The predicted molar refractivity (Wildman–Crippen MR) is 115 cm³/mol. The van der Waals surface area contributed by atoms with Crippen LogP contribution in [0.3, 0.4) is 0 Å². The van der Waals surface area contributed by atoms with Crippen LogP contribution in [0.2, 0.25) is 0 Å². The number of carboxylic acids is 1. The van der Waals surface area contributed by atoms with Crippen molar-refractivity contribution in [1.82, 2.24) is 10.6 Å². The lowest BCUT2D eigenvalue weighted by Crippen LogP contribution is -2.49. The first-order chi connectivity index (χ1) is 16.1. The molecule has 3 N–H and O–H groups in total. The summed E-state index contributed by atoms with van der Waals surface area (Å²) in [7, 11) is 0. The molecule has 2 aromatic rings. The third-order valence-corrected chi connectivity index (χ3v) is 6.17. The molecule has 10 heteroatoms. The molecule has 1 unspecified atom stereocenters. The molecule has 2 aliphatic rings. The van der Waals surface area contributed by atoms with Gasteiger partial charge in [-0.2, -0.15) is 13.2 Å². The van der Waals surface area contributed by atoms with Crippen molar-refractivity contribution in [3.8, 4) is 11.1 Å². The minimum absolute atomic E-state index is 0.0729. The number of aliphatic carboxylic acids is 1. The van der Waals surface area contributed by atoms with Crippen molar-refractivity contribution < 1.29 is 37.4 Å². The first-order valence-corrected chi connectivity index (χ1v) is 10.8. The molecule has 0 heterocycles. The Balaban J connectivity index is 1.37. The van der Waals surface area contributed by atoms with Gasteiger partial charge in [0, 0.05) is 12.5 Å². The Kier molecular flexibility index (Phi) is 6.49. The van der Waals surface area contributed by atoms with Crippen molar-refractivity contribution in [3.63, 3.8) is 0 Å². The van der Waals surface area contributed by atoms with Crippen LogP contribution in [-0.4, -0.2) is 48.4 Å². The highest BCUT2D eigenvalue weighted by Gasteiger charge is 2.44. The molecule has 4 rings (SSSR count). The van der Waals surface area contributed by atoms with E-state index in [2.05, 4.69) is 5.32 Å². The molecule has 34 heavy (non-hydrogen) atoms. The molecule has 0 spiro atoms. The second kappa shape index (κ2) is 9.36. The zero-order valence-electron chi connectivity index (χ0n) is 18.0. The van der Waals surface area contributed by atoms with Crippen molar-refractivity contribution >= 4 is 18.0 Å². The minimum Gasteiger partial charge on any atom is -0.481 e. The zero-order chi connectivity index (χ0) is 24.5. The Morgan fingerprint density at radius 1 is 1.03 bits per heavy atom. The summed E-state index contributed by atoms with van der Waals surface area (Å²) >= 11 is 0. The molecule has 3 atom stereocenters. The van der Waals surface area contributed by atoms with E-state index in [0.717, 1.165) is 22.3 Å². The number of hydrogen-bond donors (Lipinski definition) is 3. The molecule has 1 fully saturated rings. The van der Waals surface area contributed by atoms with Crippen molar-refractivity contribution in [1.29, 1.82) is 0 Å². The van der Waals surface area contributed by atoms with Crippen molar-refractivity contribution in [3.05, 3.63) is 59.7 Å². The lowest BCUT2D eigenvalue weighted by Gasteiger charge is -2.21. The van der Waals surface area contributed by atoms with Gasteiger partial charge >= 0.3 is 18.2 Å². The number of alkyl carbamates (subject to hydrolysis) is 1. The summed E-state index contributed by atoms with van der Waals surface area (Å²) in [6.45, 7) is -0.181. The minimum atomic E-state index is -4.71. The largest absolute Gasteiger partial charge is 0.481 e. The normalized spacial score (nSPS) is 19.5. The van der Waals surface area contributed by atoms with Gasteiger partial charge in [-0.15, -0.1) is 0 Å². The Bertz CT molecular complexity index is 1060. The van der Waals surface area contributed by atoms with E-state index in [4.69, 9.17) is 9.84 Å². The lowest BCUT2D eigenvalue weighted by atomic mass is 9.98. The summed E-state index contributed by atoms with van der Waals surface area (Å²) in [6, 6.07) is 13.3. The summed E-state index contributed by atoms with van der Waals surface area (Å²) in [4.78, 5) is 35.6. The Labute approximate surface area is 193 Å². The number of carbonyl (C=O) groups excluding carboxylic acids is 2. The van der Waals surface area contributed by atoms with Gasteiger partial charge in [0.15, 0.2) is 0 Å². The maximum atomic E-state index is 13.0. The van der Waals surface area contributed by atoms with Crippen LogP contribution in [0.25, 0.3) is 11.1 Å². The maximum Gasteiger partial charge on any atom is 0.407 e. The fraction of sp³-hybridized carbons (Fsp3) is 0.375. The highest BCUT2D eigenvalue weighted by atomic mass is 19.4. The van der Waals surface area contributed by atoms with Gasteiger partial charge in [0.1, 0.15) is 12.6 Å². The average molecular weight is 476 g/mol. The first kappa shape index (κ1) is 23.6. The van der Waals surface area contributed by atoms with Gasteiger partial charge in [0.25, 0.3) is 0 Å². The number of carbonyl (C=O) groups is 3. The number of ether oxygens (including phenoxy) is 1. The van der Waals surface area contributed by atoms with E-state index in [9.17, 15) is 27.6 Å².